The summed E-state index contributed by atoms with van der Waals surface area (Å²) < 4.78 is 47.0. The van der Waals surface area contributed by atoms with Gasteiger partial charge in [0, 0.05) is 7.11 Å². The summed E-state index contributed by atoms with van der Waals surface area (Å²) in [5, 5.41) is 10.7. The summed E-state index contributed by atoms with van der Waals surface area (Å²) in [6.07, 6.45) is 0. The lowest BCUT2D eigenvalue weighted by atomic mass is 9.80. The number of hydrogen-bond acceptors (Lipinski definition) is 4. The Balaban J connectivity index is 3.01. The number of nitro benzene ring substituents is 1. The van der Waals surface area contributed by atoms with Gasteiger partial charge in [0.05, 0.1) is 11.5 Å². The fourth-order valence-electron chi connectivity index (χ4n) is 1.24. The Bertz CT molecular complexity index is 438. The molecular weight excluding hydrogens is 254 g/mol. The van der Waals surface area contributed by atoms with Crippen LogP contribution >= 0.6 is 0 Å². The van der Waals surface area contributed by atoms with Crippen molar-refractivity contribution in [3.63, 3.8) is 0 Å². The van der Waals surface area contributed by atoms with Gasteiger partial charge in [-0.1, -0.05) is 6.07 Å². The van der Waals surface area contributed by atoms with Crippen LogP contribution in [0.2, 0.25) is 0 Å². The van der Waals surface area contributed by atoms with E-state index in [9.17, 15) is 23.1 Å². The predicted octanol–water partition coefficient (Wildman–Crippen LogP) is 1.67. The molecule has 0 aliphatic rings. The minimum atomic E-state index is -5.27. The standard InChI is InChI=1S/C9H10BF3NO4/c1-17-4-5-18-9-3-2-7(10(11,12)13)6-8(9)14(15)16/h2-3,6H,4-5H2,1H3/q-1. The van der Waals surface area contributed by atoms with E-state index in [2.05, 4.69) is 4.74 Å². The number of nitro groups is 1. The SMILES string of the molecule is COCCOc1ccc([B-](F)(F)F)cc1[N+](=O)[O-]. The molecule has 0 aliphatic carbocycles. The third kappa shape index (κ3) is 3.62. The first-order valence-electron chi connectivity index (χ1n) is 4.96. The highest BCUT2D eigenvalue weighted by Crippen LogP contribution is 2.26. The van der Waals surface area contributed by atoms with Crippen molar-refractivity contribution in [2.24, 2.45) is 0 Å². The van der Waals surface area contributed by atoms with Crippen molar-refractivity contribution < 1.29 is 27.3 Å². The van der Waals surface area contributed by atoms with E-state index in [-0.39, 0.29) is 19.0 Å². The third-order valence-corrected chi connectivity index (χ3v) is 2.10. The van der Waals surface area contributed by atoms with Crippen molar-refractivity contribution in [3.8, 4) is 5.75 Å². The molecular formula is C9H10BF3NO4-. The summed E-state index contributed by atoms with van der Waals surface area (Å²) in [5.74, 6) is -0.208. The highest BCUT2D eigenvalue weighted by Gasteiger charge is 2.28. The minimum Gasteiger partial charge on any atom is -0.484 e. The maximum absolute atomic E-state index is 12.4. The molecule has 0 aliphatic heterocycles. The average molecular weight is 264 g/mol. The van der Waals surface area contributed by atoms with Crippen molar-refractivity contribution in [2.75, 3.05) is 20.3 Å². The smallest absolute Gasteiger partial charge is 0.484 e. The van der Waals surface area contributed by atoms with Crippen LogP contribution in [0.25, 0.3) is 0 Å². The van der Waals surface area contributed by atoms with Crippen LogP contribution in [0.5, 0.6) is 5.75 Å². The summed E-state index contributed by atoms with van der Waals surface area (Å²) in [7, 11) is 1.41. The van der Waals surface area contributed by atoms with E-state index in [4.69, 9.17) is 4.74 Å². The lowest BCUT2D eigenvalue weighted by Gasteiger charge is -2.15. The van der Waals surface area contributed by atoms with Gasteiger partial charge in [0.1, 0.15) is 6.61 Å². The minimum absolute atomic E-state index is 0.0217. The first-order chi connectivity index (χ1) is 8.36. The molecule has 0 bridgehead atoms. The van der Waals surface area contributed by atoms with Crippen LogP contribution in [-0.2, 0) is 4.74 Å². The molecule has 1 aromatic carbocycles. The van der Waals surface area contributed by atoms with E-state index in [1.165, 1.54) is 7.11 Å². The van der Waals surface area contributed by atoms with Gasteiger partial charge in [-0.15, -0.1) is 5.46 Å². The molecule has 0 aromatic heterocycles. The second-order valence-electron chi connectivity index (χ2n) is 3.40. The van der Waals surface area contributed by atoms with Crippen LogP contribution in [0.15, 0.2) is 18.2 Å². The molecule has 1 rings (SSSR count). The molecule has 0 spiro atoms. The van der Waals surface area contributed by atoms with Crippen LogP contribution in [0.3, 0.4) is 0 Å². The highest BCUT2D eigenvalue weighted by molar-refractivity contribution is 6.73. The van der Waals surface area contributed by atoms with E-state index in [1.807, 2.05) is 0 Å². The normalized spacial score (nSPS) is 11.3. The zero-order valence-corrected chi connectivity index (χ0v) is 9.44. The molecule has 0 N–H and O–H groups in total. The Hall–Kier alpha value is -1.77. The van der Waals surface area contributed by atoms with E-state index in [0.29, 0.717) is 6.07 Å². The lowest BCUT2D eigenvalue weighted by Crippen LogP contribution is -2.34. The average Bonchev–Trinajstić information content (AvgIpc) is 2.28. The molecule has 1 aromatic rings. The third-order valence-electron chi connectivity index (χ3n) is 2.10. The van der Waals surface area contributed by atoms with Gasteiger partial charge in [0.2, 0.25) is 0 Å². The van der Waals surface area contributed by atoms with Crippen molar-refractivity contribution >= 4 is 18.1 Å². The van der Waals surface area contributed by atoms with E-state index in [0.717, 1.165) is 12.1 Å². The Morgan fingerprint density at radius 2 is 2.00 bits per heavy atom. The van der Waals surface area contributed by atoms with Crippen LogP contribution in [-0.4, -0.2) is 32.2 Å². The number of benzene rings is 1. The first kappa shape index (κ1) is 14.3. The van der Waals surface area contributed by atoms with Crippen molar-refractivity contribution in [1.29, 1.82) is 0 Å². The van der Waals surface area contributed by atoms with Gasteiger partial charge in [0.15, 0.2) is 5.75 Å². The quantitative estimate of drug-likeness (QED) is 0.339. The maximum atomic E-state index is 12.4. The summed E-state index contributed by atoms with van der Waals surface area (Å²) >= 11 is 0. The molecule has 0 unspecified atom stereocenters. The molecule has 100 valence electrons. The Kier molecular flexibility index (Phi) is 4.54. The molecule has 18 heavy (non-hydrogen) atoms. The van der Waals surface area contributed by atoms with Crippen molar-refractivity contribution in [3.05, 3.63) is 28.3 Å². The lowest BCUT2D eigenvalue weighted by molar-refractivity contribution is -0.385. The molecule has 0 radical (unpaired) electrons. The zero-order valence-electron chi connectivity index (χ0n) is 9.44. The van der Waals surface area contributed by atoms with Crippen LogP contribution in [0.4, 0.5) is 18.6 Å². The van der Waals surface area contributed by atoms with Gasteiger partial charge in [-0.3, -0.25) is 10.1 Å². The van der Waals surface area contributed by atoms with Gasteiger partial charge in [-0.2, -0.15) is 0 Å². The number of methoxy groups -OCH3 is 1. The second kappa shape index (κ2) is 5.72. The van der Waals surface area contributed by atoms with Crippen molar-refractivity contribution in [1.82, 2.24) is 0 Å². The molecule has 0 saturated carbocycles. The number of halogens is 3. The summed E-state index contributed by atoms with van der Waals surface area (Å²) in [4.78, 5) is 9.76. The predicted molar refractivity (Wildman–Crippen MR) is 59.2 cm³/mol. The van der Waals surface area contributed by atoms with Gasteiger partial charge in [-0.05, 0) is 12.1 Å². The first-order valence-corrected chi connectivity index (χ1v) is 4.96. The molecule has 0 atom stereocenters. The maximum Gasteiger partial charge on any atom is 0.509 e. The molecule has 9 heteroatoms. The molecule has 0 fully saturated rings. The Morgan fingerprint density at radius 1 is 1.33 bits per heavy atom. The summed E-state index contributed by atoms with van der Waals surface area (Å²) in [6, 6.07) is 2.18. The van der Waals surface area contributed by atoms with Crippen LogP contribution < -0.4 is 10.2 Å². The van der Waals surface area contributed by atoms with Crippen LogP contribution in [0, 0.1) is 10.1 Å². The fraction of sp³-hybridized carbons (Fsp3) is 0.333. The van der Waals surface area contributed by atoms with Crippen LogP contribution in [0.1, 0.15) is 0 Å². The van der Waals surface area contributed by atoms with Crippen molar-refractivity contribution in [2.45, 2.75) is 0 Å². The molecule has 5 nitrogen and oxygen atoms in total. The molecule has 0 amide bonds. The monoisotopic (exact) mass is 264 g/mol. The molecule has 0 heterocycles. The number of rotatable bonds is 6. The topological polar surface area (TPSA) is 61.6 Å². The largest absolute Gasteiger partial charge is 0.509 e. The fourth-order valence-corrected chi connectivity index (χ4v) is 1.24. The van der Waals surface area contributed by atoms with E-state index < -0.39 is 23.1 Å². The number of hydrogen-bond donors (Lipinski definition) is 0. The number of nitrogens with zero attached hydrogens (tertiary/aromatic N) is 1. The molecule has 0 saturated heterocycles. The Morgan fingerprint density at radius 3 is 2.50 bits per heavy atom. The highest BCUT2D eigenvalue weighted by atomic mass is 19.4. The van der Waals surface area contributed by atoms with Gasteiger partial charge in [-0.25, -0.2) is 0 Å². The van der Waals surface area contributed by atoms with Gasteiger partial charge >= 0.3 is 12.7 Å². The van der Waals surface area contributed by atoms with Gasteiger partial charge < -0.3 is 22.4 Å². The Labute approximate surface area is 101 Å². The number of ether oxygens (including phenoxy) is 2. The van der Waals surface area contributed by atoms with E-state index >= 15 is 0 Å². The zero-order chi connectivity index (χ0) is 13.8. The second-order valence-corrected chi connectivity index (χ2v) is 3.40. The van der Waals surface area contributed by atoms with E-state index in [1.54, 1.807) is 0 Å². The van der Waals surface area contributed by atoms with Gasteiger partial charge in [0.25, 0.3) is 0 Å². The summed E-state index contributed by atoms with van der Waals surface area (Å²) in [6.45, 7) is -5.07. The summed E-state index contributed by atoms with van der Waals surface area (Å²) in [5.41, 5.74) is -1.73.